The zero-order valence-electron chi connectivity index (χ0n) is 7.55. The van der Waals surface area contributed by atoms with Crippen molar-refractivity contribution in [1.82, 2.24) is 0 Å². The molecule has 0 aliphatic rings. The third-order valence-electron chi connectivity index (χ3n) is 1.83. The highest BCUT2D eigenvalue weighted by Gasteiger charge is 2.02. The quantitative estimate of drug-likeness (QED) is 0.585. The van der Waals surface area contributed by atoms with Gasteiger partial charge in [-0.25, -0.2) is 0 Å². The summed E-state index contributed by atoms with van der Waals surface area (Å²) < 4.78 is 0. The molecule has 0 spiro atoms. The lowest BCUT2D eigenvalue weighted by Crippen LogP contribution is -1.91. The van der Waals surface area contributed by atoms with Crippen molar-refractivity contribution in [2.45, 2.75) is 16.7 Å². The van der Waals surface area contributed by atoms with E-state index in [1.807, 2.05) is 6.07 Å². The van der Waals surface area contributed by atoms with Crippen LogP contribution >= 0.6 is 23.5 Å². The number of thioether (sulfide) groups is 2. The van der Waals surface area contributed by atoms with E-state index >= 15 is 0 Å². The predicted octanol–water partition coefficient (Wildman–Crippen LogP) is 3.02. The van der Waals surface area contributed by atoms with Gasteiger partial charge in [0.25, 0.3) is 0 Å². The lowest BCUT2D eigenvalue weighted by Gasteiger charge is -2.07. The molecule has 1 aromatic rings. The maximum atomic E-state index is 5.85. The monoisotopic (exact) mass is 199 g/mol. The van der Waals surface area contributed by atoms with Gasteiger partial charge in [-0.1, -0.05) is 0 Å². The summed E-state index contributed by atoms with van der Waals surface area (Å²) in [6.07, 6.45) is 4.14. The van der Waals surface area contributed by atoms with Gasteiger partial charge in [-0.3, -0.25) is 0 Å². The van der Waals surface area contributed by atoms with Crippen LogP contribution < -0.4 is 5.73 Å². The average molecular weight is 199 g/mol. The Balaban J connectivity index is 3.19. The normalized spacial score (nSPS) is 10.2. The van der Waals surface area contributed by atoms with E-state index in [-0.39, 0.29) is 0 Å². The molecule has 0 heterocycles. The summed E-state index contributed by atoms with van der Waals surface area (Å²) in [4.78, 5) is 2.52. The molecule has 3 heteroatoms. The fourth-order valence-electron chi connectivity index (χ4n) is 1.01. The van der Waals surface area contributed by atoms with Crippen molar-refractivity contribution < 1.29 is 0 Å². The van der Waals surface area contributed by atoms with Crippen LogP contribution in [0.4, 0.5) is 5.69 Å². The lowest BCUT2D eigenvalue weighted by molar-refractivity contribution is 1.25. The van der Waals surface area contributed by atoms with Gasteiger partial charge in [0.1, 0.15) is 0 Å². The zero-order chi connectivity index (χ0) is 9.14. The van der Waals surface area contributed by atoms with E-state index in [4.69, 9.17) is 5.73 Å². The molecule has 0 radical (unpaired) electrons. The van der Waals surface area contributed by atoms with E-state index < -0.39 is 0 Å². The summed E-state index contributed by atoms with van der Waals surface area (Å²) in [5, 5.41) is 0. The third kappa shape index (κ3) is 1.90. The number of nitrogen functional groups attached to an aromatic ring is 1. The fourth-order valence-corrected chi connectivity index (χ4v) is 2.24. The number of nitrogens with two attached hydrogens (primary N) is 1. The van der Waals surface area contributed by atoms with Crippen LogP contribution in [0.3, 0.4) is 0 Å². The standard InChI is InChI=1S/C9H13NS2/c1-6-8(10)4-7(11-2)5-9(6)12-3/h4-5H,10H2,1-3H3. The van der Waals surface area contributed by atoms with Crippen LogP contribution in [0.2, 0.25) is 0 Å². The predicted molar refractivity (Wildman–Crippen MR) is 59.2 cm³/mol. The SMILES string of the molecule is CSc1cc(N)c(C)c(SC)c1. The van der Waals surface area contributed by atoms with Crippen LogP contribution in [0.15, 0.2) is 21.9 Å². The highest BCUT2D eigenvalue weighted by Crippen LogP contribution is 2.29. The summed E-state index contributed by atoms with van der Waals surface area (Å²) in [7, 11) is 0. The first-order valence-corrected chi connectivity index (χ1v) is 6.12. The number of hydrogen-bond acceptors (Lipinski definition) is 3. The van der Waals surface area contributed by atoms with E-state index in [0.717, 1.165) is 5.69 Å². The van der Waals surface area contributed by atoms with Crippen LogP contribution in [0.25, 0.3) is 0 Å². The molecule has 0 saturated carbocycles. The Labute approximate surface area is 82.1 Å². The van der Waals surface area contributed by atoms with Gasteiger partial charge in [0, 0.05) is 15.5 Å². The Bertz CT molecular complexity index is 284. The van der Waals surface area contributed by atoms with E-state index in [9.17, 15) is 0 Å². The maximum absolute atomic E-state index is 5.85. The topological polar surface area (TPSA) is 26.0 Å². The van der Waals surface area contributed by atoms with Crippen LogP contribution in [-0.2, 0) is 0 Å². The van der Waals surface area contributed by atoms with E-state index in [0.29, 0.717) is 0 Å². The Morgan fingerprint density at radius 1 is 1.17 bits per heavy atom. The minimum atomic E-state index is 0.895. The third-order valence-corrected chi connectivity index (χ3v) is 3.40. The Hall–Kier alpha value is -0.280. The fraction of sp³-hybridized carbons (Fsp3) is 0.333. The minimum absolute atomic E-state index is 0.895. The second-order valence-electron chi connectivity index (χ2n) is 2.54. The molecule has 0 saturated heterocycles. The lowest BCUT2D eigenvalue weighted by atomic mass is 10.2. The molecule has 1 aromatic carbocycles. The van der Waals surface area contributed by atoms with Crippen molar-refractivity contribution in [3.63, 3.8) is 0 Å². The molecule has 1 rings (SSSR count). The first-order chi connectivity index (χ1) is 5.69. The van der Waals surface area contributed by atoms with E-state index in [1.165, 1.54) is 15.4 Å². The number of hydrogen-bond donors (Lipinski definition) is 1. The molecular formula is C9H13NS2. The first-order valence-electron chi connectivity index (χ1n) is 3.67. The zero-order valence-corrected chi connectivity index (χ0v) is 9.18. The molecule has 66 valence electrons. The summed E-state index contributed by atoms with van der Waals surface area (Å²) in [6, 6.07) is 4.21. The molecule has 0 atom stereocenters. The van der Waals surface area contributed by atoms with Gasteiger partial charge in [-0.2, -0.15) is 0 Å². The van der Waals surface area contributed by atoms with Gasteiger partial charge in [0.2, 0.25) is 0 Å². The van der Waals surface area contributed by atoms with E-state index in [2.05, 4.69) is 25.5 Å². The highest BCUT2D eigenvalue weighted by molar-refractivity contribution is 7.99. The van der Waals surface area contributed by atoms with Crippen LogP contribution in [-0.4, -0.2) is 12.5 Å². The van der Waals surface area contributed by atoms with Crippen molar-refractivity contribution in [1.29, 1.82) is 0 Å². The van der Waals surface area contributed by atoms with Crippen molar-refractivity contribution in [3.05, 3.63) is 17.7 Å². The minimum Gasteiger partial charge on any atom is -0.398 e. The summed E-state index contributed by atoms with van der Waals surface area (Å²) in [6.45, 7) is 2.06. The molecule has 0 aromatic heterocycles. The largest absolute Gasteiger partial charge is 0.398 e. The molecule has 0 bridgehead atoms. The van der Waals surface area contributed by atoms with Crippen LogP contribution in [0, 0.1) is 6.92 Å². The van der Waals surface area contributed by atoms with Gasteiger partial charge in [0.05, 0.1) is 0 Å². The van der Waals surface area contributed by atoms with Gasteiger partial charge in [-0.05, 0) is 37.1 Å². The molecule has 12 heavy (non-hydrogen) atoms. The second-order valence-corrected chi connectivity index (χ2v) is 4.27. The molecule has 0 aliphatic heterocycles. The van der Waals surface area contributed by atoms with Crippen molar-refractivity contribution in [2.75, 3.05) is 18.2 Å². The Morgan fingerprint density at radius 3 is 2.33 bits per heavy atom. The average Bonchev–Trinajstić information content (AvgIpc) is 2.09. The van der Waals surface area contributed by atoms with Crippen LogP contribution in [0.5, 0.6) is 0 Å². The smallest absolute Gasteiger partial charge is 0.0366 e. The van der Waals surface area contributed by atoms with Gasteiger partial charge < -0.3 is 5.73 Å². The molecule has 0 fully saturated rings. The molecule has 2 N–H and O–H groups in total. The second kappa shape index (κ2) is 4.10. The first kappa shape index (κ1) is 9.81. The molecule has 1 nitrogen and oxygen atoms in total. The molecule has 0 aliphatic carbocycles. The van der Waals surface area contributed by atoms with Gasteiger partial charge >= 0.3 is 0 Å². The van der Waals surface area contributed by atoms with Gasteiger partial charge in [0.15, 0.2) is 0 Å². The van der Waals surface area contributed by atoms with Crippen molar-refractivity contribution in [3.8, 4) is 0 Å². The van der Waals surface area contributed by atoms with Crippen LogP contribution in [0.1, 0.15) is 5.56 Å². The summed E-state index contributed by atoms with van der Waals surface area (Å²) >= 11 is 3.47. The van der Waals surface area contributed by atoms with Gasteiger partial charge in [-0.15, -0.1) is 23.5 Å². The molecular weight excluding hydrogens is 186 g/mol. The Kier molecular flexibility index (Phi) is 3.35. The summed E-state index contributed by atoms with van der Waals surface area (Å²) in [5.41, 5.74) is 7.94. The van der Waals surface area contributed by atoms with E-state index in [1.54, 1.807) is 23.5 Å². The highest BCUT2D eigenvalue weighted by atomic mass is 32.2. The van der Waals surface area contributed by atoms with Crippen molar-refractivity contribution >= 4 is 29.2 Å². The molecule has 0 unspecified atom stereocenters. The maximum Gasteiger partial charge on any atom is 0.0366 e. The number of rotatable bonds is 2. The number of anilines is 1. The summed E-state index contributed by atoms with van der Waals surface area (Å²) in [5.74, 6) is 0. The molecule has 0 amide bonds. The van der Waals surface area contributed by atoms with Crippen molar-refractivity contribution in [2.24, 2.45) is 0 Å². The Morgan fingerprint density at radius 2 is 1.83 bits per heavy atom. The number of benzene rings is 1.